The van der Waals surface area contributed by atoms with Crippen molar-refractivity contribution < 1.29 is 14.3 Å². The third kappa shape index (κ3) is 7.66. The number of anilines is 1. The van der Waals surface area contributed by atoms with Crippen LogP contribution in [-0.2, 0) is 20.7 Å². The molecule has 0 unspecified atom stereocenters. The smallest absolute Gasteiger partial charge is 0.306 e. The first-order valence-corrected chi connectivity index (χ1v) is 9.80. The molecule has 2 rings (SSSR count). The lowest BCUT2D eigenvalue weighted by Crippen LogP contribution is -2.34. The Labute approximate surface area is 175 Å². The molecule has 0 aliphatic carbocycles. The summed E-state index contributed by atoms with van der Waals surface area (Å²) in [4.78, 5) is 23.7. The number of aryl methyl sites for hydroxylation is 1. The van der Waals surface area contributed by atoms with Gasteiger partial charge in [-0.25, -0.2) is 0 Å². The van der Waals surface area contributed by atoms with Gasteiger partial charge in [-0.2, -0.15) is 0 Å². The van der Waals surface area contributed by atoms with Gasteiger partial charge in [-0.1, -0.05) is 48.0 Å². The van der Waals surface area contributed by atoms with E-state index in [-0.39, 0.29) is 23.9 Å². The number of nitrogens with one attached hydrogen (secondary N) is 2. The van der Waals surface area contributed by atoms with E-state index in [0.717, 1.165) is 24.1 Å². The van der Waals surface area contributed by atoms with Gasteiger partial charge in [0, 0.05) is 17.1 Å². The molecule has 2 aromatic rings. The second-order valence-corrected chi connectivity index (χ2v) is 7.04. The van der Waals surface area contributed by atoms with Crippen LogP contribution in [0.2, 0.25) is 5.02 Å². The van der Waals surface area contributed by atoms with Crippen LogP contribution in [0.1, 0.15) is 30.4 Å². The summed E-state index contributed by atoms with van der Waals surface area (Å²) in [5.41, 5.74) is 2.75. The van der Waals surface area contributed by atoms with Crippen LogP contribution in [0.4, 0.5) is 5.69 Å². The number of carbonyl (C=O) groups excluding carboxylic acids is 2. The van der Waals surface area contributed by atoms with E-state index < -0.39 is 5.97 Å². The quantitative estimate of drug-likeness (QED) is 0.377. The highest BCUT2D eigenvalue weighted by Crippen LogP contribution is 2.22. The van der Waals surface area contributed by atoms with Gasteiger partial charge in [0.25, 0.3) is 0 Å². The van der Waals surface area contributed by atoms with E-state index >= 15 is 0 Å². The Bertz CT molecular complexity index is 828. The van der Waals surface area contributed by atoms with Gasteiger partial charge in [0.2, 0.25) is 5.91 Å². The lowest BCUT2D eigenvalue weighted by molar-refractivity contribution is -0.145. The molecule has 2 aromatic carbocycles. The number of benzene rings is 2. The van der Waals surface area contributed by atoms with Crippen molar-refractivity contribution in [3.05, 3.63) is 64.7 Å². The first kappa shape index (κ1) is 21.9. The van der Waals surface area contributed by atoms with Crippen molar-refractivity contribution in [2.24, 2.45) is 0 Å². The molecule has 0 spiro atoms. The number of thiocarbonyl (C=S) groups is 1. The highest BCUT2D eigenvalue weighted by molar-refractivity contribution is 7.80. The summed E-state index contributed by atoms with van der Waals surface area (Å²) in [7, 11) is 0. The minimum atomic E-state index is -0.396. The molecule has 5 nitrogen and oxygen atoms in total. The topological polar surface area (TPSA) is 67.4 Å². The molecular weight excluding hydrogens is 396 g/mol. The molecular formula is C21H23ClN2O3S. The molecule has 0 bridgehead atoms. The fourth-order valence-corrected chi connectivity index (χ4v) is 2.88. The van der Waals surface area contributed by atoms with Crippen molar-refractivity contribution in [3.8, 4) is 0 Å². The summed E-state index contributed by atoms with van der Waals surface area (Å²) in [5.74, 6) is -0.744. The zero-order chi connectivity index (χ0) is 20.4. The van der Waals surface area contributed by atoms with Gasteiger partial charge in [-0.05, 0) is 55.2 Å². The Kier molecular flexibility index (Phi) is 8.91. The van der Waals surface area contributed by atoms with Crippen molar-refractivity contribution >= 4 is 46.5 Å². The predicted molar refractivity (Wildman–Crippen MR) is 116 cm³/mol. The predicted octanol–water partition coefficient (Wildman–Crippen LogP) is 4.42. The van der Waals surface area contributed by atoms with Crippen LogP contribution < -0.4 is 10.6 Å². The minimum Gasteiger partial charge on any atom is -0.466 e. The Hall–Kier alpha value is -2.44. The number of hydrogen-bond donors (Lipinski definition) is 2. The molecule has 1 amide bonds. The van der Waals surface area contributed by atoms with Gasteiger partial charge >= 0.3 is 5.97 Å². The number of rotatable bonds is 8. The maximum Gasteiger partial charge on any atom is 0.306 e. The van der Waals surface area contributed by atoms with Gasteiger partial charge in [0.15, 0.2) is 5.11 Å². The molecule has 2 N–H and O–H groups in total. The minimum absolute atomic E-state index is 0.00780. The fraction of sp³-hybridized carbons (Fsp3) is 0.286. The lowest BCUT2D eigenvalue weighted by atomic mass is 10.1. The monoisotopic (exact) mass is 418 g/mol. The third-order valence-corrected chi connectivity index (χ3v) is 4.65. The summed E-state index contributed by atoms with van der Waals surface area (Å²) >= 11 is 11.2. The Balaban J connectivity index is 1.62. The van der Waals surface area contributed by atoms with Crippen molar-refractivity contribution in [2.75, 3.05) is 11.9 Å². The van der Waals surface area contributed by atoms with Crippen LogP contribution in [0.5, 0.6) is 0 Å². The number of amides is 1. The molecule has 0 fully saturated rings. The third-order valence-electron chi connectivity index (χ3n) is 4.04. The SMILES string of the molecule is Cc1c(Cl)cccc1NC(=S)NC(=O)CCC(=O)OCCCc1ccccc1. The van der Waals surface area contributed by atoms with E-state index in [1.807, 2.05) is 43.3 Å². The molecule has 148 valence electrons. The summed E-state index contributed by atoms with van der Waals surface area (Å²) in [6.45, 7) is 2.19. The zero-order valence-corrected chi connectivity index (χ0v) is 17.2. The maximum absolute atomic E-state index is 11.9. The van der Waals surface area contributed by atoms with Gasteiger partial charge in [0.05, 0.1) is 13.0 Å². The number of carbonyl (C=O) groups is 2. The molecule has 7 heteroatoms. The van der Waals surface area contributed by atoms with Crippen LogP contribution in [0.15, 0.2) is 48.5 Å². The van der Waals surface area contributed by atoms with Crippen molar-refractivity contribution in [2.45, 2.75) is 32.6 Å². The molecule has 0 atom stereocenters. The summed E-state index contributed by atoms with van der Waals surface area (Å²) in [6.07, 6.45) is 1.61. The first-order chi connectivity index (χ1) is 13.5. The average molecular weight is 419 g/mol. The van der Waals surface area contributed by atoms with Crippen LogP contribution in [0.3, 0.4) is 0 Å². The van der Waals surface area contributed by atoms with Gasteiger partial charge in [-0.3, -0.25) is 9.59 Å². The van der Waals surface area contributed by atoms with Gasteiger partial charge in [0.1, 0.15) is 0 Å². The fourth-order valence-electron chi connectivity index (χ4n) is 2.48. The normalized spacial score (nSPS) is 10.2. The highest BCUT2D eigenvalue weighted by Gasteiger charge is 2.11. The number of hydrogen-bond acceptors (Lipinski definition) is 4. The van der Waals surface area contributed by atoms with Gasteiger partial charge in [-0.15, -0.1) is 0 Å². The van der Waals surface area contributed by atoms with E-state index in [2.05, 4.69) is 10.6 Å². The average Bonchev–Trinajstić information content (AvgIpc) is 2.68. The number of esters is 1. The molecule has 28 heavy (non-hydrogen) atoms. The number of ether oxygens (including phenoxy) is 1. The van der Waals surface area contributed by atoms with E-state index in [9.17, 15) is 9.59 Å². The molecule has 0 aliphatic rings. The Morgan fingerprint density at radius 1 is 1.07 bits per heavy atom. The molecule has 0 saturated heterocycles. The van der Waals surface area contributed by atoms with E-state index in [4.69, 9.17) is 28.6 Å². The second-order valence-electron chi connectivity index (χ2n) is 6.22. The van der Waals surface area contributed by atoms with E-state index in [1.165, 1.54) is 5.56 Å². The largest absolute Gasteiger partial charge is 0.466 e. The lowest BCUT2D eigenvalue weighted by Gasteiger charge is -2.12. The molecule has 0 heterocycles. The van der Waals surface area contributed by atoms with Crippen LogP contribution in [0, 0.1) is 6.92 Å². The summed E-state index contributed by atoms with van der Waals surface area (Å²) in [5, 5.41) is 6.24. The van der Waals surface area contributed by atoms with Crippen LogP contribution in [0.25, 0.3) is 0 Å². The standard InChI is InChI=1S/C21H23ClN2O3S/c1-15-17(22)10-5-11-18(15)23-21(28)24-19(25)12-13-20(26)27-14-6-9-16-7-3-2-4-8-16/h2-5,7-8,10-11H,6,9,12-14H2,1H3,(H2,23,24,25,28). The zero-order valence-electron chi connectivity index (χ0n) is 15.7. The molecule has 0 aliphatic heterocycles. The first-order valence-electron chi connectivity index (χ1n) is 9.01. The summed E-state index contributed by atoms with van der Waals surface area (Å²) < 4.78 is 5.16. The number of halogens is 1. The van der Waals surface area contributed by atoms with Crippen LogP contribution >= 0.6 is 23.8 Å². The Morgan fingerprint density at radius 2 is 1.82 bits per heavy atom. The highest BCUT2D eigenvalue weighted by atomic mass is 35.5. The Morgan fingerprint density at radius 3 is 2.57 bits per heavy atom. The van der Waals surface area contributed by atoms with Crippen molar-refractivity contribution in [3.63, 3.8) is 0 Å². The molecule has 0 radical (unpaired) electrons. The maximum atomic E-state index is 11.9. The molecule has 0 aromatic heterocycles. The molecule has 0 saturated carbocycles. The van der Waals surface area contributed by atoms with Crippen molar-refractivity contribution in [1.29, 1.82) is 0 Å². The van der Waals surface area contributed by atoms with E-state index in [1.54, 1.807) is 12.1 Å². The summed E-state index contributed by atoms with van der Waals surface area (Å²) in [6, 6.07) is 15.4. The van der Waals surface area contributed by atoms with Crippen LogP contribution in [-0.4, -0.2) is 23.6 Å². The van der Waals surface area contributed by atoms with E-state index in [0.29, 0.717) is 11.6 Å². The second kappa shape index (κ2) is 11.4. The van der Waals surface area contributed by atoms with Gasteiger partial charge < -0.3 is 15.4 Å². The van der Waals surface area contributed by atoms with Crippen molar-refractivity contribution in [1.82, 2.24) is 5.32 Å².